The van der Waals surface area contributed by atoms with Gasteiger partial charge in [-0.3, -0.25) is 0 Å². The third-order valence-electron chi connectivity index (χ3n) is 5.64. The maximum atomic E-state index is 5.94. The molecule has 1 atom stereocenters. The quantitative estimate of drug-likeness (QED) is 0.591. The Kier molecular flexibility index (Phi) is 6.36. The first-order valence-electron chi connectivity index (χ1n) is 9.41. The Hall–Kier alpha value is -0.820. The molecule has 121 valence electrons. The topological polar surface area (TPSA) is 9.23 Å². The molecule has 2 aliphatic carbocycles. The Morgan fingerprint density at radius 2 is 1.64 bits per heavy atom. The fourth-order valence-corrected chi connectivity index (χ4v) is 4.44. The van der Waals surface area contributed by atoms with Gasteiger partial charge in [0.05, 0.1) is 6.61 Å². The summed E-state index contributed by atoms with van der Waals surface area (Å²) in [6, 6.07) is 10.6. The van der Waals surface area contributed by atoms with Crippen LogP contribution in [0.1, 0.15) is 69.8 Å². The second-order valence-corrected chi connectivity index (χ2v) is 7.18. The van der Waals surface area contributed by atoms with E-state index in [0.29, 0.717) is 0 Å². The van der Waals surface area contributed by atoms with Crippen molar-refractivity contribution >= 4 is 0 Å². The molecule has 0 N–H and O–H groups in total. The predicted molar refractivity (Wildman–Crippen MR) is 92.5 cm³/mol. The zero-order valence-corrected chi connectivity index (χ0v) is 13.9. The van der Waals surface area contributed by atoms with Crippen LogP contribution < -0.4 is 0 Å². The third-order valence-corrected chi connectivity index (χ3v) is 5.64. The minimum Gasteiger partial charge on any atom is -0.377 e. The first-order valence-corrected chi connectivity index (χ1v) is 9.41. The van der Waals surface area contributed by atoms with E-state index in [9.17, 15) is 0 Å². The Morgan fingerprint density at radius 1 is 0.864 bits per heavy atom. The van der Waals surface area contributed by atoms with Crippen molar-refractivity contribution in [1.82, 2.24) is 0 Å². The predicted octanol–water partition coefficient (Wildman–Crippen LogP) is 5.94. The summed E-state index contributed by atoms with van der Waals surface area (Å²) in [5.74, 6) is 3.73. The summed E-state index contributed by atoms with van der Waals surface area (Å²) in [5, 5.41) is 0. The summed E-state index contributed by atoms with van der Waals surface area (Å²) in [7, 11) is 0. The lowest BCUT2D eigenvalue weighted by Crippen LogP contribution is -2.27. The number of hydrogen-bond acceptors (Lipinski definition) is 1. The Balaban J connectivity index is 1.43. The van der Waals surface area contributed by atoms with Gasteiger partial charge in [-0.05, 0) is 55.4 Å². The molecule has 1 nitrogen and oxygen atoms in total. The summed E-state index contributed by atoms with van der Waals surface area (Å²) in [5.41, 5.74) is 1.29. The second kappa shape index (κ2) is 8.72. The van der Waals surface area contributed by atoms with E-state index in [0.717, 1.165) is 25.0 Å². The second-order valence-electron chi connectivity index (χ2n) is 7.18. The molecule has 1 heteroatoms. The summed E-state index contributed by atoms with van der Waals surface area (Å²) < 4.78 is 5.94. The lowest BCUT2D eigenvalue weighted by Gasteiger charge is -2.38. The van der Waals surface area contributed by atoms with E-state index < -0.39 is 0 Å². The molecule has 0 spiro atoms. The van der Waals surface area contributed by atoms with Crippen molar-refractivity contribution in [2.24, 2.45) is 11.8 Å². The molecule has 1 radical (unpaired) electrons. The molecule has 22 heavy (non-hydrogen) atoms. The molecule has 0 aromatic heterocycles. The lowest BCUT2D eigenvalue weighted by molar-refractivity contribution is 0.100. The molecular formula is C21H31O. The van der Waals surface area contributed by atoms with E-state index >= 15 is 0 Å². The van der Waals surface area contributed by atoms with Gasteiger partial charge >= 0.3 is 0 Å². The van der Waals surface area contributed by atoms with Crippen LogP contribution >= 0.6 is 0 Å². The Bertz CT molecular complexity index is 407. The van der Waals surface area contributed by atoms with Gasteiger partial charge in [0.15, 0.2) is 0 Å². The molecule has 3 rings (SSSR count). The average molecular weight is 299 g/mol. The van der Waals surface area contributed by atoms with Crippen LogP contribution in [-0.4, -0.2) is 6.61 Å². The molecule has 0 saturated heterocycles. The largest absolute Gasteiger partial charge is 0.377 e. The maximum absolute atomic E-state index is 5.94. The Morgan fingerprint density at radius 3 is 2.45 bits per heavy atom. The highest BCUT2D eigenvalue weighted by Gasteiger charge is 2.32. The van der Waals surface area contributed by atoms with Gasteiger partial charge in [0.25, 0.3) is 0 Å². The van der Waals surface area contributed by atoms with Gasteiger partial charge in [-0.1, -0.05) is 62.4 Å². The van der Waals surface area contributed by atoms with Crippen LogP contribution in [0.3, 0.4) is 0 Å². The SMILES string of the molecule is c1ccc(COCCC2CCCC[C]2C2CCCCC2)cc1. The minimum atomic E-state index is 0.770. The molecule has 1 unspecified atom stereocenters. The monoisotopic (exact) mass is 299 g/mol. The lowest BCUT2D eigenvalue weighted by atomic mass is 9.67. The Labute approximate surface area is 136 Å². The summed E-state index contributed by atoms with van der Waals surface area (Å²) in [6.45, 7) is 1.70. The first kappa shape index (κ1) is 16.1. The molecule has 1 aromatic rings. The normalized spacial score (nSPS) is 24.5. The van der Waals surface area contributed by atoms with E-state index in [1.807, 2.05) is 5.92 Å². The number of rotatable bonds is 6. The summed E-state index contributed by atoms with van der Waals surface area (Å²) in [4.78, 5) is 0. The van der Waals surface area contributed by atoms with E-state index in [-0.39, 0.29) is 0 Å². The van der Waals surface area contributed by atoms with Crippen molar-refractivity contribution in [3.63, 3.8) is 0 Å². The van der Waals surface area contributed by atoms with Crippen molar-refractivity contribution in [2.45, 2.75) is 70.8 Å². The van der Waals surface area contributed by atoms with Crippen LogP contribution in [0, 0.1) is 17.8 Å². The fraction of sp³-hybridized carbons (Fsp3) is 0.667. The molecule has 0 aliphatic heterocycles. The molecule has 2 aliphatic rings. The van der Waals surface area contributed by atoms with Crippen molar-refractivity contribution in [1.29, 1.82) is 0 Å². The van der Waals surface area contributed by atoms with Gasteiger partial charge in [0.1, 0.15) is 0 Å². The van der Waals surface area contributed by atoms with Crippen LogP contribution in [-0.2, 0) is 11.3 Å². The smallest absolute Gasteiger partial charge is 0.0716 e. The van der Waals surface area contributed by atoms with Crippen LogP contribution in [0.4, 0.5) is 0 Å². The average Bonchev–Trinajstić information content (AvgIpc) is 2.61. The molecule has 0 bridgehead atoms. The maximum Gasteiger partial charge on any atom is 0.0716 e. The van der Waals surface area contributed by atoms with E-state index in [1.54, 1.807) is 0 Å². The fourth-order valence-electron chi connectivity index (χ4n) is 4.44. The molecule has 0 amide bonds. The standard InChI is InChI=1S/C21H31O/c1-3-9-18(10-4-1)17-22-16-15-20-13-7-8-14-21(20)19-11-5-2-6-12-19/h1,3-4,9-10,19-20H,2,5-8,11-17H2. The first-order chi connectivity index (χ1) is 10.9. The van der Waals surface area contributed by atoms with Gasteiger partial charge in [0.2, 0.25) is 0 Å². The summed E-state index contributed by atoms with van der Waals surface area (Å²) >= 11 is 0. The van der Waals surface area contributed by atoms with Crippen LogP contribution in [0.2, 0.25) is 0 Å². The zero-order chi connectivity index (χ0) is 15.0. The van der Waals surface area contributed by atoms with Crippen molar-refractivity contribution in [3.8, 4) is 0 Å². The number of ether oxygens (including phenoxy) is 1. The summed E-state index contributed by atoms with van der Waals surface area (Å²) in [6.07, 6.45) is 14.3. The van der Waals surface area contributed by atoms with Crippen LogP contribution in [0.5, 0.6) is 0 Å². The van der Waals surface area contributed by atoms with Gasteiger partial charge < -0.3 is 4.74 Å². The van der Waals surface area contributed by atoms with Crippen molar-refractivity contribution < 1.29 is 4.74 Å². The highest BCUT2D eigenvalue weighted by atomic mass is 16.5. The third kappa shape index (κ3) is 4.59. The van der Waals surface area contributed by atoms with Gasteiger partial charge in [-0.15, -0.1) is 0 Å². The minimum absolute atomic E-state index is 0.770. The number of hydrogen-bond donors (Lipinski definition) is 0. The van der Waals surface area contributed by atoms with Crippen molar-refractivity contribution in [3.05, 3.63) is 41.8 Å². The number of benzene rings is 1. The van der Waals surface area contributed by atoms with E-state index in [4.69, 9.17) is 4.74 Å². The van der Waals surface area contributed by atoms with Gasteiger partial charge in [-0.25, -0.2) is 0 Å². The molecule has 1 aromatic carbocycles. The van der Waals surface area contributed by atoms with E-state index in [1.165, 1.54) is 69.8 Å². The highest BCUT2D eigenvalue weighted by molar-refractivity contribution is 5.13. The highest BCUT2D eigenvalue weighted by Crippen LogP contribution is 2.44. The van der Waals surface area contributed by atoms with Gasteiger partial charge in [0, 0.05) is 6.61 Å². The van der Waals surface area contributed by atoms with Crippen LogP contribution in [0.25, 0.3) is 0 Å². The zero-order valence-electron chi connectivity index (χ0n) is 13.9. The van der Waals surface area contributed by atoms with E-state index in [2.05, 4.69) is 30.3 Å². The molecule has 2 saturated carbocycles. The molecule has 2 fully saturated rings. The van der Waals surface area contributed by atoms with Crippen molar-refractivity contribution in [2.75, 3.05) is 6.61 Å². The van der Waals surface area contributed by atoms with Crippen LogP contribution in [0.15, 0.2) is 30.3 Å². The molecule has 0 heterocycles. The van der Waals surface area contributed by atoms with Gasteiger partial charge in [-0.2, -0.15) is 0 Å². The molecular weight excluding hydrogens is 268 g/mol.